The average molecular weight is 601 g/mol. The van der Waals surface area contributed by atoms with E-state index in [1.165, 1.54) is 0 Å². The molecule has 7 atom stereocenters. The summed E-state index contributed by atoms with van der Waals surface area (Å²) in [6.07, 6.45) is 1.41. The molecule has 0 aromatic heterocycles. The number of rotatable bonds is 19. The number of carboxylic acid groups (broad SMARTS) is 1. The van der Waals surface area contributed by atoms with Crippen molar-refractivity contribution in [3.8, 4) is 0 Å². The highest BCUT2D eigenvalue weighted by Gasteiger charge is 2.35. The second-order valence-electron chi connectivity index (χ2n) is 11.6. The maximum absolute atomic E-state index is 13.3. The summed E-state index contributed by atoms with van der Waals surface area (Å²) in [5.74, 6) is -5.55. The lowest BCUT2D eigenvalue weighted by atomic mass is 9.94. The number of amides is 5. The molecule has 242 valence electrons. The molecule has 14 heteroatoms. The zero-order valence-corrected chi connectivity index (χ0v) is 26.2. The minimum absolute atomic E-state index is 0.0488. The van der Waals surface area contributed by atoms with Crippen LogP contribution in [-0.4, -0.2) is 89.1 Å². The highest BCUT2D eigenvalue weighted by molar-refractivity contribution is 5.96. The van der Waals surface area contributed by atoms with Crippen LogP contribution >= 0.6 is 0 Å². The van der Waals surface area contributed by atoms with E-state index in [0.717, 1.165) is 0 Å². The van der Waals surface area contributed by atoms with E-state index in [0.29, 0.717) is 12.8 Å². The predicted molar refractivity (Wildman–Crippen MR) is 157 cm³/mol. The van der Waals surface area contributed by atoms with E-state index in [4.69, 9.17) is 10.8 Å². The van der Waals surface area contributed by atoms with E-state index < -0.39 is 84.8 Å². The Balaban J connectivity index is 5.70. The SMILES string of the molecule is CC[C@H](C)[C@H](N)C(=O)N[C@H](C(=O)N[C@H](C(=O)N[C@@H](CO)C(=O)N[C@@H](CC(C)C)C(=O)NCC(=O)O)C(C)C)[C@@H](C)CC. The number of carbonyl (C=O) groups is 6. The van der Waals surface area contributed by atoms with Gasteiger partial charge in [-0.2, -0.15) is 0 Å². The van der Waals surface area contributed by atoms with E-state index in [9.17, 15) is 33.9 Å². The molecule has 5 amide bonds. The number of aliphatic carboxylic acids is 1. The van der Waals surface area contributed by atoms with Gasteiger partial charge in [0.15, 0.2) is 0 Å². The van der Waals surface area contributed by atoms with Crippen molar-refractivity contribution in [3.05, 3.63) is 0 Å². The lowest BCUT2D eigenvalue weighted by Gasteiger charge is -2.30. The Bertz CT molecular complexity index is 928. The fourth-order valence-electron chi connectivity index (χ4n) is 3.96. The van der Waals surface area contributed by atoms with Crippen molar-refractivity contribution in [1.82, 2.24) is 26.6 Å². The van der Waals surface area contributed by atoms with Gasteiger partial charge in [-0.15, -0.1) is 0 Å². The van der Waals surface area contributed by atoms with E-state index in [1.54, 1.807) is 34.6 Å². The summed E-state index contributed by atoms with van der Waals surface area (Å²) >= 11 is 0. The fourth-order valence-corrected chi connectivity index (χ4v) is 3.96. The van der Waals surface area contributed by atoms with Crippen LogP contribution in [0.4, 0.5) is 0 Å². The number of aliphatic hydroxyl groups excluding tert-OH is 1. The zero-order chi connectivity index (χ0) is 32.7. The van der Waals surface area contributed by atoms with Gasteiger partial charge in [-0.1, -0.05) is 68.2 Å². The zero-order valence-electron chi connectivity index (χ0n) is 26.2. The van der Waals surface area contributed by atoms with Crippen molar-refractivity contribution >= 4 is 35.5 Å². The van der Waals surface area contributed by atoms with Crippen molar-refractivity contribution in [2.24, 2.45) is 29.4 Å². The van der Waals surface area contributed by atoms with Crippen LogP contribution in [0.5, 0.6) is 0 Å². The normalized spacial score (nSPS) is 16.3. The standard InChI is InChI=1S/C28H52N6O8/c1-9-16(7)21(29)26(40)34-23(17(8)10-2)28(42)33-22(15(5)6)27(41)32-19(13-35)25(39)31-18(11-14(3)4)24(38)30-12-20(36)37/h14-19,21-23,35H,9-13,29H2,1-8H3,(H,30,38)(H,31,39)(H,32,41)(H,33,42)(H,34,40)(H,36,37)/t16-,17-,18-,19-,21-,22-,23-/m0/s1. The molecule has 0 saturated carbocycles. The lowest BCUT2D eigenvalue weighted by Crippen LogP contribution is -2.61. The van der Waals surface area contributed by atoms with Crippen molar-refractivity contribution in [3.63, 3.8) is 0 Å². The van der Waals surface area contributed by atoms with Gasteiger partial charge in [0.05, 0.1) is 12.6 Å². The number of aliphatic hydroxyl groups is 1. The first-order valence-electron chi connectivity index (χ1n) is 14.6. The Labute approximate surface area is 248 Å². The van der Waals surface area contributed by atoms with Gasteiger partial charge in [0, 0.05) is 0 Å². The second kappa shape index (κ2) is 19.0. The summed E-state index contributed by atoms with van der Waals surface area (Å²) in [5, 5.41) is 31.2. The van der Waals surface area contributed by atoms with Gasteiger partial charge < -0.3 is 42.5 Å². The smallest absolute Gasteiger partial charge is 0.322 e. The topological polar surface area (TPSA) is 229 Å². The molecule has 14 nitrogen and oxygen atoms in total. The molecule has 0 saturated heterocycles. The summed E-state index contributed by atoms with van der Waals surface area (Å²) in [4.78, 5) is 75.5. The molecule has 0 spiro atoms. The lowest BCUT2D eigenvalue weighted by molar-refractivity contribution is -0.139. The van der Waals surface area contributed by atoms with Crippen LogP contribution in [-0.2, 0) is 28.8 Å². The summed E-state index contributed by atoms with van der Waals surface area (Å²) in [5.41, 5.74) is 6.05. The van der Waals surface area contributed by atoms with Gasteiger partial charge >= 0.3 is 5.97 Å². The Kier molecular flexibility index (Phi) is 17.6. The van der Waals surface area contributed by atoms with Gasteiger partial charge in [0.25, 0.3) is 0 Å². The summed E-state index contributed by atoms with van der Waals surface area (Å²) in [7, 11) is 0. The van der Waals surface area contributed by atoms with Crippen LogP contribution in [0, 0.1) is 23.7 Å². The molecule has 0 radical (unpaired) electrons. The highest BCUT2D eigenvalue weighted by Crippen LogP contribution is 2.13. The third-order valence-corrected chi connectivity index (χ3v) is 7.17. The first kappa shape index (κ1) is 38.7. The van der Waals surface area contributed by atoms with Crippen molar-refractivity contribution in [2.75, 3.05) is 13.2 Å². The number of carboxylic acids is 1. The quantitative estimate of drug-likeness (QED) is 0.0930. The Morgan fingerprint density at radius 3 is 1.62 bits per heavy atom. The second-order valence-corrected chi connectivity index (χ2v) is 11.6. The molecule has 0 aromatic rings. The van der Waals surface area contributed by atoms with E-state index in [-0.39, 0.29) is 24.2 Å². The summed E-state index contributed by atoms with van der Waals surface area (Å²) in [6.45, 7) is 12.9. The monoisotopic (exact) mass is 600 g/mol. The van der Waals surface area contributed by atoms with Crippen LogP contribution in [0.1, 0.15) is 74.7 Å². The third-order valence-electron chi connectivity index (χ3n) is 7.17. The molecule has 0 aliphatic carbocycles. The third kappa shape index (κ3) is 13.1. The average Bonchev–Trinajstić information content (AvgIpc) is 2.93. The Morgan fingerprint density at radius 1 is 0.667 bits per heavy atom. The Hall–Kier alpha value is -3.26. The van der Waals surface area contributed by atoms with E-state index >= 15 is 0 Å². The molecule has 0 aliphatic heterocycles. The molecule has 0 heterocycles. The number of nitrogens with two attached hydrogens (primary N) is 1. The van der Waals surface area contributed by atoms with Crippen LogP contribution < -0.4 is 32.3 Å². The molecule has 42 heavy (non-hydrogen) atoms. The molecule has 0 rings (SSSR count). The molecule has 0 fully saturated rings. The van der Waals surface area contributed by atoms with Gasteiger partial charge in [0.1, 0.15) is 30.7 Å². The Morgan fingerprint density at radius 2 is 1.17 bits per heavy atom. The van der Waals surface area contributed by atoms with Crippen LogP contribution in [0.3, 0.4) is 0 Å². The first-order valence-corrected chi connectivity index (χ1v) is 14.6. The van der Waals surface area contributed by atoms with E-state index in [1.807, 2.05) is 20.8 Å². The van der Waals surface area contributed by atoms with Crippen LogP contribution in [0.25, 0.3) is 0 Å². The molecule has 0 aliphatic rings. The number of carbonyl (C=O) groups excluding carboxylic acids is 5. The van der Waals surface area contributed by atoms with Crippen molar-refractivity contribution in [2.45, 2.75) is 105 Å². The molecule has 9 N–H and O–H groups in total. The minimum Gasteiger partial charge on any atom is -0.480 e. The van der Waals surface area contributed by atoms with Gasteiger partial charge in [0.2, 0.25) is 29.5 Å². The number of hydrogen-bond acceptors (Lipinski definition) is 8. The van der Waals surface area contributed by atoms with Gasteiger partial charge in [-0.25, -0.2) is 0 Å². The maximum Gasteiger partial charge on any atom is 0.322 e. The number of hydrogen-bond donors (Lipinski definition) is 8. The summed E-state index contributed by atoms with van der Waals surface area (Å²) < 4.78 is 0. The van der Waals surface area contributed by atoms with Gasteiger partial charge in [-0.3, -0.25) is 28.8 Å². The molecule has 0 unspecified atom stereocenters. The number of nitrogens with one attached hydrogen (secondary N) is 5. The molecule has 0 bridgehead atoms. The van der Waals surface area contributed by atoms with Crippen molar-refractivity contribution in [1.29, 1.82) is 0 Å². The molecule has 0 aromatic carbocycles. The minimum atomic E-state index is -1.46. The van der Waals surface area contributed by atoms with E-state index in [2.05, 4.69) is 26.6 Å². The first-order chi connectivity index (χ1) is 19.5. The van der Waals surface area contributed by atoms with Crippen LogP contribution in [0.2, 0.25) is 0 Å². The fraction of sp³-hybridized carbons (Fsp3) is 0.786. The molecular weight excluding hydrogens is 548 g/mol. The van der Waals surface area contributed by atoms with Gasteiger partial charge in [-0.05, 0) is 30.1 Å². The van der Waals surface area contributed by atoms with Crippen LogP contribution in [0.15, 0.2) is 0 Å². The maximum atomic E-state index is 13.3. The molecular formula is C28H52N6O8. The largest absolute Gasteiger partial charge is 0.480 e. The van der Waals surface area contributed by atoms with Crippen molar-refractivity contribution < 1.29 is 39.0 Å². The predicted octanol–water partition coefficient (Wildman–Crippen LogP) is -0.760. The highest BCUT2D eigenvalue weighted by atomic mass is 16.4. The summed E-state index contributed by atoms with van der Waals surface area (Å²) in [6, 6.07) is -5.48.